The van der Waals surface area contributed by atoms with Gasteiger partial charge in [0.05, 0.1) is 6.61 Å². The van der Waals surface area contributed by atoms with Crippen molar-refractivity contribution in [3.8, 4) is 0 Å². The number of aliphatic hydroxyl groups excluding tert-OH is 2. The summed E-state index contributed by atoms with van der Waals surface area (Å²) in [5, 5.41) is 19.0. The van der Waals surface area contributed by atoms with Gasteiger partial charge in [0.25, 0.3) is 0 Å². The zero-order valence-corrected chi connectivity index (χ0v) is 9.12. The van der Waals surface area contributed by atoms with Gasteiger partial charge in [-0.15, -0.1) is 0 Å². The van der Waals surface area contributed by atoms with Crippen molar-refractivity contribution >= 4 is 0 Å². The number of ether oxygens (including phenoxy) is 4. The minimum atomic E-state index is -1.28. The van der Waals surface area contributed by atoms with Crippen LogP contribution in [0, 0.1) is 0 Å². The van der Waals surface area contributed by atoms with Crippen molar-refractivity contribution in [3.05, 3.63) is 0 Å². The van der Waals surface area contributed by atoms with E-state index in [-0.39, 0.29) is 6.61 Å². The molecule has 1 heterocycles. The van der Waals surface area contributed by atoms with Crippen molar-refractivity contribution in [1.29, 1.82) is 0 Å². The van der Waals surface area contributed by atoms with E-state index in [0.717, 1.165) is 0 Å². The van der Waals surface area contributed by atoms with Crippen molar-refractivity contribution in [1.82, 2.24) is 0 Å². The number of methoxy groups -OCH3 is 3. The van der Waals surface area contributed by atoms with Gasteiger partial charge < -0.3 is 29.2 Å². The fourth-order valence-electron chi connectivity index (χ4n) is 1.76. The maximum atomic E-state index is 9.60. The Bertz CT molecular complexity index is 187. The molecule has 0 bridgehead atoms. The molecule has 1 aliphatic heterocycles. The fraction of sp³-hybridized carbons (Fsp3) is 1.00. The molecule has 0 unspecified atom stereocenters. The Morgan fingerprint density at radius 2 is 1.67 bits per heavy atom. The summed E-state index contributed by atoms with van der Waals surface area (Å²) in [5.74, 6) is 0. The summed E-state index contributed by atoms with van der Waals surface area (Å²) in [7, 11) is 4.46. The first-order valence-corrected chi connectivity index (χ1v) is 4.71. The van der Waals surface area contributed by atoms with Gasteiger partial charge in [0.15, 0.2) is 6.29 Å². The third-order valence-electron chi connectivity index (χ3n) is 2.51. The van der Waals surface area contributed by atoms with Crippen LogP contribution < -0.4 is 0 Å². The van der Waals surface area contributed by atoms with Crippen LogP contribution in [-0.4, -0.2) is 68.9 Å². The fourth-order valence-corrected chi connectivity index (χ4v) is 1.76. The highest BCUT2D eigenvalue weighted by Crippen LogP contribution is 2.24. The lowest BCUT2D eigenvalue weighted by molar-refractivity contribution is -0.295. The highest BCUT2D eigenvalue weighted by Gasteiger charge is 2.45. The van der Waals surface area contributed by atoms with Crippen LogP contribution >= 0.6 is 0 Å². The van der Waals surface area contributed by atoms with Crippen molar-refractivity contribution in [2.24, 2.45) is 0 Å². The molecule has 0 aromatic rings. The van der Waals surface area contributed by atoms with Gasteiger partial charge in [0.2, 0.25) is 0 Å². The Labute approximate surface area is 88.7 Å². The van der Waals surface area contributed by atoms with E-state index >= 15 is 0 Å². The third-order valence-corrected chi connectivity index (χ3v) is 2.51. The van der Waals surface area contributed by atoms with Gasteiger partial charge in [-0.05, 0) is 0 Å². The SMILES string of the molecule is COC[C@H]1O[C@@H](O)[C@H](O)[C@@H](OC)[C@H]1OC. The first-order chi connectivity index (χ1) is 7.15. The van der Waals surface area contributed by atoms with Gasteiger partial charge in [-0.25, -0.2) is 0 Å². The molecular formula is C9H18O6. The molecule has 1 saturated heterocycles. The van der Waals surface area contributed by atoms with Crippen LogP contribution in [0.1, 0.15) is 0 Å². The summed E-state index contributed by atoms with van der Waals surface area (Å²) < 4.78 is 20.3. The van der Waals surface area contributed by atoms with E-state index in [1.165, 1.54) is 21.3 Å². The van der Waals surface area contributed by atoms with E-state index in [0.29, 0.717) is 0 Å². The minimum absolute atomic E-state index is 0.266. The van der Waals surface area contributed by atoms with Crippen molar-refractivity contribution < 1.29 is 29.2 Å². The zero-order valence-electron chi connectivity index (χ0n) is 9.12. The summed E-state index contributed by atoms with van der Waals surface area (Å²) in [6.07, 6.45) is -3.94. The van der Waals surface area contributed by atoms with Crippen molar-refractivity contribution in [3.63, 3.8) is 0 Å². The first kappa shape index (κ1) is 12.8. The van der Waals surface area contributed by atoms with E-state index in [1.807, 2.05) is 0 Å². The summed E-state index contributed by atoms with van der Waals surface area (Å²) in [6, 6.07) is 0. The average molecular weight is 222 g/mol. The van der Waals surface area contributed by atoms with Gasteiger partial charge in [-0.3, -0.25) is 0 Å². The Balaban J connectivity index is 2.73. The van der Waals surface area contributed by atoms with Crippen LogP contribution in [0.25, 0.3) is 0 Å². The summed E-state index contributed by atoms with van der Waals surface area (Å²) in [6.45, 7) is 0.266. The normalized spacial score (nSPS) is 41.8. The van der Waals surface area contributed by atoms with Gasteiger partial charge >= 0.3 is 0 Å². The molecule has 0 spiro atoms. The van der Waals surface area contributed by atoms with E-state index < -0.39 is 30.7 Å². The second-order valence-electron chi connectivity index (χ2n) is 3.41. The highest BCUT2D eigenvalue weighted by atomic mass is 16.7. The van der Waals surface area contributed by atoms with E-state index in [1.54, 1.807) is 0 Å². The largest absolute Gasteiger partial charge is 0.385 e. The molecule has 2 N–H and O–H groups in total. The van der Waals surface area contributed by atoms with Crippen molar-refractivity contribution in [2.75, 3.05) is 27.9 Å². The molecule has 0 amide bonds. The van der Waals surface area contributed by atoms with Crippen molar-refractivity contribution in [2.45, 2.75) is 30.7 Å². The lowest BCUT2D eigenvalue weighted by atomic mass is 9.99. The molecule has 1 fully saturated rings. The average Bonchev–Trinajstić information content (AvgIpc) is 2.23. The second kappa shape index (κ2) is 5.74. The van der Waals surface area contributed by atoms with Crippen LogP contribution in [0.3, 0.4) is 0 Å². The lowest BCUT2D eigenvalue weighted by Gasteiger charge is -2.41. The molecule has 1 aliphatic rings. The topological polar surface area (TPSA) is 77.4 Å². The van der Waals surface area contributed by atoms with E-state index in [9.17, 15) is 10.2 Å². The number of hydrogen-bond donors (Lipinski definition) is 2. The second-order valence-corrected chi connectivity index (χ2v) is 3.41. The molecule has 0 aromatic heterocycles. The highest BCUT2D eigenvalue weighted by molar-refractivity contribution is 4.90. The molecule has 0 saturated carbocycles. The molecule has 90 valence electrons. The summed E-state index contributed by atoms with van der Waals surface area (Å²) in [4.78, 5) is 0. The summed E-state index contributed by atoms with van der Waals surface area (Å²) >= 11 is 0. The van der Waals surface area contributed by atoms with Crippen LogP contribution in [0.5, 0.6) is 0 Å². The molecule has 6 heteroatoms. The lowest BCUT2D eigenvalue weighted by Crippen LogP contribution is -2.59. The van der Waals surface area contributed by atoms with E-state index in [4.69, 9.17) is 18.9 Å². The number of rotatable bonds is 4. The quantitative estimate of drug-likeness (QED) is 0.618. The molecule has 6 nitrogen and oxygen atoms in total. The Hall–Kier alpha value is -0.240. The molecule has 0 radical (unpaired) electrons. The number of hydrogen-bond acceptors (Lipinski definition) is 6. The maximum Gasteiger partial charge on any atom is 0.184 e. The molecule has 15 heavy (non-hydrogen) atoms. The molecule has 0 aromatic carbocycles. The Morgan fingerprint density at radius 3 is 2.13 bits per heavy atom. The first-order valence-electron chi connectivity index (χ1n) is 4.71. The van der Waals surface area contributed by atoms with Crippen LogP contribution in [0.2, 0.25) is 0 Å². The predicted molar refractivity (Wildman–Crippen MR) is 50.4 cm³/mol. The van der Waals surface area contributed by atoms with Gasteiger partial charge in [-0.1, -0.05) is 0 Å². The minimum Gasteiger partial charge on any atom is -0.385 e. The summed E-state index contributed by atoms with van der Waals surface area (Å²) in [5.41, 5.74) is 0. The molecular weight excluding hydrogens is 204 g/mol. The zero-order chi connectivity index (χ0) is 11.4. The Kier molecular flexibility index (Phi) is 4.91. The molecule has 0 aliphatic carbocycles. The molecule has 5 atom stereocenters. The number of aliphatic hydroxyl groups is 2. The maximum absolute atomic E-state index is 9.60. The monoisotopic (exact) mass is 222 g/mol. The van der Waals surface area contributed by atoms with Gasteiger partial charge in [0, 0.05) is 21.3 Å². The standard InChI is InChI=1S/C9H18O6/c1-12-4-5-7(13-2)8(14-3)6(10)9(11)15-5/h5-11H,4H2,1-3H3/t5-,6-,7+,8-,9-/m1/s1. The van der Waals surface area contributed by atoms with Gasteiger partial charge in [0.1, 0.15) is 24.4 Å². The Morgan fingerprint density at radius 1 is 1.07 bits per heavy atom. The molecule has 1 rings (SSSR count). The van der Waals surface area contributed by atoms with Gasteiger partial charge in [-0.2, -0.15) is 0 Å². The third kappa shape index (κ3) is 2.66. The van der Waals surface area contributed by atoms with E-state index in [2.05, 4.69) is 0 Å². The van der Waals surface area contributed by atoms with Crippen LogP contribution in [0.4, 0.5) is 0 Å². The predicted octanol–water partition coefficient (Wildman–Crippen LogP) is -1.26. The smallest absolute Gasteiger partial charge is 0.184 e. The van der Waals surface area contributed by atoms with Crippen LogP contribution in [-0.2, 0) is 18.9 Å². The van der Waals surface area contributed by atoms with Crippen LogP contribution in [0.15, 0.2) is 0 Å².